The first-order valence-corrected chi connectivity index (χ1v) is 10.0. The molecule has 0 saturated heterocycles. The zero-order chi connectivity index (χ0) is 20.1. The van der Waals surface area contributed by atoms with Crippen LogP contribution in [-0.4, -0.2) is 30.5 Å². The average Bonchev–Trinajstić information content (AvgIpc) is 3.22. The number of anilines is 1. The van der Waals surface area contributed by atoms with Crippen molar-refractivity contribution in [3.8, 4) is 11.4 Å². The Kier molecular flexibility index (Phi) is 6.64. The van der Waals surface area contributed by atoms with Gasteiger partial charge in [0, 0.05) is 35.3 Å². The first-order valence-electron chi connectivity index (χ1n) is 9.23. The summed E-state index contributed by atoms with van der Waals surface area (Å²) in [6, 6.07) is 9.31. The molecule has 3 rings (SSSR count). The molecule has 0 aliphatic heterocycles. The van der Waals surface area contributed by atoms with Crippen molar-refractivity contribution in [2.75, 3.05) is 5.32 Å². The monoisotopic (exact) mass is 418 g/mol. The van der Waals surface area contributed by atoms with Gasteiger partial charge in [0.05, 0.1) is 6.54 Å². The molecule has 0 radical (unpaired) electrons. The summed E-state index contributed by atoms with van der Waals surface area (Å²) >= 11 is 11.6. The maximum absolute atomic E-state index is 12.2. The fourth-order valence-corrected chi connectivity index (χ4v) is 3.25. The first kappa shape index (κ1) is 20.3. The summed E-state index contributed by atoms with van der Waals surface area (Å²) in [5.74, 6) is 1.17. The second-order valence-corrected chi connectivity index (χ2v) is 7.38. The van der Waals surface area contributed by atoms with Crippen LogP contribution in [0.3, 0.4) is 0 Å². The molecule has 3 aromatic rings. The van der Waals surface area contributed by atoms with Crippen LogP contribution in [0.4, 0.5) is 5.82 Å². The van der Waals surface area contributed by atoms with Crippen LogP contribution in [0.5, 0.6) is 0 Å². The number of aryl methyl sites for hydroxylation is 2. The topological polar surface area (TPSA) is 80.5 Å². The van der Waals surface area contributed by atoms with Gasteiger partial charge in [-0.2, -0.15) is 10.2 Å². The van der Waals surface area contributed by atoms with Gasteiger partial charge in [-0.05, 0) is 49.8 Å². The summed E-state index contributed by atoms with van der Waals surface area (Å²) in [6.45, 7) is 5.19. The van der Waals surface area contributed by atoms with Crippen molar-refractivity contribution in [1.29, 1.82) is 0 Å². The van der Waals surface area contributed by atoms with Crippen molar-refractivity contribution < 1.29 is 4.79 Å². The van der Waals surface area contributed by atoms with E-state index in [1.54, 1.807) is 10.7 Å². The molecule has 0 aliphatic rings. The standard InChI is InChI=1S/C19H23ClN6OS/c1-3-4-10-25-18(14-5-7-15(20)8-6-14)24-26(19(25)28)11-9-17(27)21-16-12-13(2)22-23-16/h5-8,12H,3-4,9-11H2,1-2H3,(H2,21,22,23,27). The third kappa shape index (κ3) is 4.88. The molecule has 28 heavy (non-hydrogen) atoms. The molecule has 2 N–H and O–H groups in total. The molecule has 1 amide bonds. The second kappa shape index (κ2) is 9.16. The highest BCUT2D eigenvalue weighted by Gasteiger charge is 2.14. The van der Waals surface area contributed by atoms with E-state index in [4.69, 9.17) is 23.8 Å². The number of benzene rings is 1. The Morgan fingerprint density at radius 3 is 2.68 bits per heavy atom. The predicted molar refractivity (Wildman–Crippen MR) is 113 cm³/mol. The Morgan fingerprint density at radius 2 is 2.04 bits per heavy atom. The number of H-pyrrole nitrogens is 1. The van der Waals surface area contributed by atoms with Crippen LogP contribution >= 0.6 is 23.8 Å². The number of unbranched alkanes of at least 4 members (excludes halogenated alkanes) is 1. The number of hydrogen-bond donors (Lipinski definition) is 2. The minimum Gasteiger partial charge on any atom is -0.309 e. The van der Waals surface area contributed by atoms with Gasteiger partial charge >= 0.3 is 0 Å². The number of aromatic nitrogens is 5. The molecule has 0 spiro atoms. The van der Waals surface area contributed by atoms with E-state index in [1.165, 1.54) is 0 Å². The van der Waals surface area contributed by atoms with Gasteiger partial charge in [-0.25, -0.2) is 4.68 Å². The van der Waals surface area contributed by atoms with Gasteiger partial charge in [-0.15, -0.1) is 0 Å². The lowest BCUT2D eigenvalue weighted by atomic mass is 10.2. The van der Waals surface area contributed by atoms with E-state index in [-0.39, 0.29) is 12.3 Å². The van der Waals surface area contributed by atoms with Crippen molar-refractivity contribution in [2.45, 2.75) is 46.2 Å². The van der Waals surface area contributed by atoms with E-state index in [2.05, 4.69) is 27.5 Å². The summed E-state index contributed by atoms with van der Waals surface area (Å²) in [5.41, 5.74) is 1.83. The summed E-state index contributed by atoms with van der Waals surface area (Å²) in [5, 5.41) is 14.9. The molecule has 148 valence electrons. The SMILES string of the molecule is CCCCn1c(-c2ccc(Cl)cc2)nn(CCC(=O)Nc2cc(C)[nH]n2)c1=S. The minimum atomic E-state index is -0.135. The molecular formula is C19H23ClN6OS. The quantitative estimate of drug-likeness (QED) is 0.524. The van der Waals surface area contributed by atoms with Gasteiger partial charge in [0.1, 0.15) is 0 Å². The highest BCUT2D eigenvalue weighted by atomic mass is 35.5. The van der Waals surface area contributed by atoms with Crippen LogP contribution < -0.4 is 5.32 Å². The summed E-state index contributed by atoms with van der Waals surface area (Å²) in [6.07, 6.45) is 2.31. The lowest BCUT2D eigenvalue weighted by Gasteiger charge is -2.05. The zero-order valence-electron chi connectivity index (χ0n) is 15.9. The third-order valence-electron chi connectivity index (χ3n) is 4.28. The maximum Gasteiger partial charge on any atom is 0.227 e. The van der Waals surface area contributed by atoms with Crippen molar-refractivity contribution in [2.24, 2.45) is 0 Å². The van der Waals surface area contributed by atoms with Crippen molar-refractivity contribution >= 4 is 35.5 Å². The third-order valence-corrected chi connectivity index (χ3v) is 4.97. The number of halogens is 1. The normalized spacial score (nSPS) is 11.0. The first-order chi connectivity index (χ1) is 13.5. The predicted octanol–water partition coefficient (Wildman–Crippen LogP) is 4.59. The van der Waals surface area contributed by atoms with Crippen LogP contribution in [0, 0.1) is 11.7 Å². The van der Waals surface area contributed by atoms with Gasteiger partial charge in [0.15, 0.2) is 16.4 Å². The molecule has 7 nitrogen and oxygen atoms in total. The fraction of sp³-hybridized carbons (Fsp3) is 0.368. The number of carbonyl (C=O) groups excluding carboxylic acids is 1. The summed E-state index contributed by atoms with van der Waals surface area (Å²) in [4.78, 5) is 12.2. The number of aromatic amines is 1. The van der Waals surface area contributed by atoms with Crippen molar-refractivity contribution in [1.82, 2.24) is 24.5 Å². The van der Waals surface area contributed by atoms with Gasteiger partial charge in [0.25, 0.3) is 0 Å². The highest BCUT2D eigenvalue weighted by Crippen LogP contribution is 2.21. The molecule has 9 heteroatoms. The number of hydrogen-bond acceptors (Lipinski definition) is 4. The number of carbonyl (C=O) groups is 1. The van der Waals surface area contributed by atoms with Gasteiger partial charge in [-0.3, -0.25) is 14.5 Å². The summed E-state index contributed by atoms with van der Waals surface area (Å²) < 4.78 is 4.35. The van der Waals surface area contributed by atoms with E-state index in [0.717, 1.165) is 36.5 Å². The van der Waals surface area contributed by atoms with E-state index in [9.17, 15) is 4.79 Å². The molecular weight excluding hydrogens is 396 g/mol. The molecule has 0 bridgehead atoms. The van der Waals surface area contributed by atoms with Gasteiger partial charge in [0.2, 0.25) is 5.91 Å². The maximum atomic E-state index is 12.2. The number of nitrogens with zero attached hydrogens (tertiary/aromatic N) is 4. The molecule has 0 atom stereocenters. The molecule has 0 fully saturated rings. The molecule has 1 aromatic carbocycles. The van der Waals surface area contributed by atoms with Crippen LogP contribution in [0.1, 0.15) is 31.9 Å². The van der Waals surface area contributed by atoms with E-state index >= 15 is 0 Å². The minimum absolute atomic E-state index is 0.135. The largest absolute Gasteiger partial charge is 0.309 e. The Bertz CT molecular complexity index is 1000. The smallest absolute Gasteiger partial charge is 0.227 e. The Morgan fingerprint density at radius 1 is 1.29 bits per heavy atom. The van der Waals surface area contributed by atoms with Gasteiger partial charge in [-0.1, -0.05) is 24.9 Å². The Labute approximate surface area is 173 Å². The van der Waals surface area contributed by atoms with Crippen molar-refractivity contribution in [3.05, 3.63) is 45.8 Å². The van der Waals surface area contributed by atoms with Crippen LogP contribution in [0.2, 0.25) is 5.02 Å². The molecule has 0 saturated carbocycles. The van der Waals surface area contributed by atoms with Crippen molar-refractivity contribution in [3.63, 3.8) is 0 Å². The molecule has 2 heterocycles. The Hall–Kier alpha value is -2.45. The Balaban J connectivity index is 1.77. The molecule has 2 aromatic heterocycles. The lowest BCUT2D eigenvalue weighted by molar-refractivity contribution is -0.116. The van der Waals surface area contributed by atoms with E-state index in [0.29, 0.717) is 22.2 Å². The fourth-order valence-electron chi connectivity index (χ4n) is 2.81. The summed E-state index contributed by atoms with van der Waals surface area (Å²) in [7, 11) is 0. The highest BCUT2D eigenvalue weighted by molar-refractivity contribution is 7.71. The van der Waals surface area contributed by atoms with E-state index in [1.807, 2.05) is 35.8 Å². The number of rotatable bonds is 8. The number of amides is 1. The lowest BCUT2D eigenvalue weighted by Crippen LogP contribution is -2.15. The van der Waals surface area contributed by atoms with Crippen LogP contribution in [0.25, 0.3) is 11.4 Å². The zero-order valence-corrected chi connectivity index (χ0v) is 17.5. The van der Waals surface area contributed by atoms with Gasteiger partial charge < -0.3 is 5.32 Å². The second-order valence-electron chi connectivity index (χ2n) is 6.58. The molecule has 0 aliphatic carbocycles. The number of nitrogens with one attached hydrogen (secondary N) is 2. The van der Waals surface area contributed by atoms with Crippen LogP contribution in [-0.2, 0) is 17.9 Å². The van der Waals surface area contributed by atoms with E-state index < -0.39 is 0 Å². The van der Waals surface area contributed by atoms with Crippen LogP contribution in [0.15, 0.2) is 30.3 Å². The molecule has 0 unspecified atom stereocenters. The average molecular weight is 419 g/mol.